The molecule has 0 saturated heterocycles. The number of halogens is 4. The van der Waals surface area contributed by atoms with Crippen molar-refractivity contribution in [3.05, 3.63) is 76.8 Å². The van der Waals surface area contributed by atoms with E-state index in [0.717, 1.165) is 23.8 Å². The van der Waals surface area contributed by atoms with E-state index in [1.54, 1.807) is 19.1 Å². The molecule has 3 aromatic rings. The van der Waals surface area contributed by atoms with Gasteiger partial charge in [0.1, 0.15) is 6.54 Å². The highest BCUT2D eigenvalue weighted by molar-refractivity contribution is 7.92. The third-order valence-electron chi connectivity index (χ3n) is 5.15. The molecule has 1 amide bonds. The summed E-state index contributed by atoms with van der Waals surface area (Å²) in [6.07, 6.45) is -4.73. The number of nitrogens with one attached hydrogen (secondary N) is 1. The van der Waals surface area contributed by atoms with Gasteiger partial charge in [-0.15, -0.1) is 0 Å². The predicted octanol–water partition coefficient (Wildman–Crippen LogP) is 5.52. The fourth-order valence-electron chi connectivity index (χ4n) is 3.26. The van der Waals surface area contributed by atoms with Gasteiger partial charge >= 0.3 is 6.18 Å². The van der Waals surface area contributed by atoms with E-state index in [1.165, 1.54) is 38.5 Å². The topological polar surface area (TPSA) is 84.9 Å². The summed E-state index contributed by atoms with van der Waals surface area (Å²) in [5.41, 5.74) is -0.366. The van der Waals surface area contributed by atoms with Crippen LogP contribution in [0.25, 0.3) is 0 Å². The second-order valence-corrected chi connectivity index (χ2v) is 9.86. The number of ether oxygens (including phenoxy) is 2. The zero-order chi connectivity index (χ0) is 26.7. The molecule has 7 nitrogen and oxygen atoms in total. The van der Waals surface area contributed by atoms with E-state index in [1.807, 2.05) is 0 Å². The number of carbonyl (C=O) groups is 1. The Bertz CT molecular complexity index is 1380. The number of amides is 1. The first-order valence-electron chi connectivity index (χ1n) is 10.3. The van der Waals surface area contributed by atoms with Crippen LogP contribution in [0, 0.1) is 6.92 Å². The summed E-state index contributed by atoms with van der Waals surface area (Å²) in [6, 6.07) is 12.1. The molecule has 3 rings (SSSR count). The van der Waals surface area contributed by atoms with E-state index < -0.39 is 34.2 Å². The molecule has 0 atom stereocenters. The molecular weight excluding hydrogens is 521 g/mol. The Labute approximate surface area is 211 Å². The molecule has 0 aromatic heterocycles. The number of hydrogen-bond acceptors (Lipinski definition) is 5. The average molecular weight is 543 g/mol. The summed E-state index contributed by atoms with van der Waals surface area (Å²) in [7, 11) is -1.86. The third kappa shape index (κ3) is 6.03. The van der Waals surface area contributed by atoms with Gasteiger partial charge in [-0.25, -0.2) is 8.42 Å². The Hall–Kier alpha value is -3.44. The maximum atomic E-state index is 13.6. The maximum Gasteiger partial charge on any atom is 0.416 e. The standard InChI is InChI=1S/C24H22ClF3N2O5S/c1-15-7-8-17(12-20(15)25)29-23(31)14-30(18-6-4-5-16(11-18)24(26,27)28)36(32,33)19-9-10-21(34-2)22(13-19)35-3/h4-13H,14H2,1-3H3,(H,29,31). The number of nitrogens with zero attached hydrogens (tertiary/aromatic N) is 1. The lowest BCUT2D eigenvalue weighted by Gasteiger charge is -2.25. The minimum atomic E-state index is -4.73. The molecule has 0 bridgehead atoms. The lowest BCUT2D eigenvalue weighted by atomic mass is 10.2. The monoisotopic (exact) mass is 542 g/mol. The highest BCUT2D eigenvalue weighted by Crippen LogP contribution is 2.35. The van der Waals surface area contributed by atoms with Gasteiger partial charge in [-0.05, 0) is 55.0 Å². The number of aryl methyl sites for hydroxylation is 1. The lowest BCUT2D eigenvalue weighted by Crippen LogP contribution is -2.38. The number of benzene rings is 3. The number of anilines is 2. The van der Waals surface area contributed by atoms with Crippen molar-refractivity contribution in [2.75, 3.05) is 30.4 Å². The summed E-state index contributed by atoms with van der Waals surface area (Å²) < 4.78 is 78.1. The zero-order valence-corrected chi connectivity index (χ0v) is 21.0. The SMILES string of the molecule is COc1ccc(S(=O)(=O)N(CC(=O)Nc2ccc(C)c(Cl)c2)c2cccc(C(F)(F)F)c2)cc1OC. The van der Waals surface area contributed by atoms with Crippen LogP contribution in [0.15, 0.2) is 65.6 Å². The number of sulfonamides is 1. The predicted molar refractivity (Wildman–Crippen MR) is 130 cm³/mol. The van der Waals surface area contributed by atoms with E-state index in [0.29, 0.717) is 21.1 Å². The molecular formula is C24H22ClF3N2O5S. The van der Waals surface area contributed by atoms with Gasteiger partial charge in [-0.2, -0.15) is 13.2 Å². The van der Waals surface area contributed by atoms with Gasteiger partial charge in [-0.3, -0.25) is 9.10 Å². The van der Waals surface area contributed by atoms with Gasteiger partial charge in [0.05, 0.1) is 30.4 Å². The molecule has 0 spiro atoms. The molecule has 0 fully saturated rings. The van der Waals surface area contributed by atoms with Gasteiger partial charge in [-0.1, -0.05) is 23.7 Å². The van der Waals surface area contributed by atoms with Crippen LogP contribution in [0.2, 0.25) is 5.02 Å². The Kier molecular flexibility index (Phi) is 8.05. The second kappa shape index (κ2) is 10.7. The van der Waals surface area contributed by atoms with Crippen molar-refractivity contribution < 1.29 is 35.9 Å². The zero-order valence-electron chi connectivity index (χ0n) is 19.4. The molecule has 3 aromatic carbocycles. The molecule has 1 N–H and O–H groups in total. The first-order chi connectivity index (χ1) is 16.9. The molecule has 0 aliphatic carbocycles. The largest absolute Gasteiger partial charge is 0.493 e. The second-order valence-electron chi connectivity index (χ2n) is 7.59. The van der Waals surface area contributed by atoms with Crippen molar-refractivity contribution in [2.45, 2.75) is 18.0 Å². The molecule has 0 aliphatic heterocycles. The average Bonchev–Trinajstić information content (AvgIpc) is 2.83. The minimum absolute atomic E-state index is 0.0846. The highest BCUT2D eigenvalue weighted by Gasteiger charge is 2.33. The third-order valence-corrected chi connectivity index (χ3v) is 7.32. The van der Waals surface area contributed by atoms with E-state index in [9.17, 15) is 26.4 Å². The van der Waals surface area contributed by atoms with E-state index in [2.05, 4.69) is 5.32 Å². The first-order valence-corrected chi connectivity index (χ1v) is 12.2. The van der Waals surface area contributed by atoms with Gasteiger partial charge in [0.25, 0.3) is 10.0 Å². The van der Waals surface area contributed by atoms with Crippen molar-refractivity contribution in [3.63, 3.8) is 0 Å². The molecule has 0 saturated carbocycles. The Morgan fingerprint density at radius 2 is 1.69 bits per heavy atom. The van der Waals surface area contributed by atoms with Crippen molar-refractivity contribution in [1.82, 2.24) is 0 Å². The fraction of sp³-hybridized carbons (Fsp3) is 0.208. The number of rotatable bonds is 8. The quantitative estimate of drug-likeness (QED) is 0.405. The molecule has 12 heteroatoms. The van der Waals surface area contributed by atoms with E-state index in [4.69, 9.17) is 21.1 Å². The number of carbonyl (C=O) groups excluding carboxylic acids is 1. The normalized spacial score (nSPS) is 11.6. The van der Waals surface area contributed by atoms with Gasteiger partial charge in [0.2, 0.25) is 5.91 Å². The first kappa shape index (κ1) is 27.2. The summed E-state index contributed by atoms with van der Waals surface area (Å²) in [5, 5.41) is 2.90. The fourth-order valence-corrected chi connectivity index (χ4v) is 4.87. The Morgan fingerprint density at radius 1 is 1.00 bits per heavy atom. The molecule has 36 heavy (non-hydrogen) atoms. The van der Waals surface area contributed by atoms with Crippen LogP contribution in [0.5, 0.6) is 11.5 Å². The van der Waals surface area contributed by atoms with Crippen molar-refractivity contribution in [2.24, 2.45) is 0 Å². The number of hydrogen-bond donors (Lipinski definition) is 1. The van der Waals surface area contributed by atoms with Crippen LogP contribution in [0.3, 0.4) is 0 Å². The summed E-state index contributed by atoms with van der Waals surface area (Å²) in [6.45, 7) is 0.947. The van der Waals surface area contributed by atoms with Crippen molar-refractivity contribution in [3.8, 4) is 11.5 Å². The summed E-state index contributed by atoms with van der Waals surface area (Å²) in [4.78, 5) is 12.5. The van der Waals surface area contributed by atoms with Crippen LogP contribution >= 0.6 is 11.6 Å². The number of methoxy groups -OCH3 is 2. The molecule has 192 valence electrons. The molecule has 0 unspecified atom stereocenters. The smallest absolute Gasteiger partial charge is 0.416 e. The minimum Gasteiger partial charge on any atom is -0.493 e. The van der Waals surface area contributed by atoms with Crippen molar-refractivity contribution in [1.29, 1.82) is 0 Å². The van der Waals surface area contributed by atoms with Crippen LogP contribution in [0.4, 0.5) is 24.5 Å². The van der Waals surface area contributed by atoms with Crippen LogP contribution < -0.4 is 19.1 Å². The molecule has 0 radical (unpaired) electrons. The lowest BCUT2D eigenvalue weighted by molar-refractivity contribution is -0.137. The van der Waals surface area contributed by atoms with Gasteiger partial charge in [0, 0.05) is 16.8 Å². The Morgan fingerprint density at radius 3 is 2.31 bits per heavy atom. The number of alkyl halides is 3. The van der Waals surface area contributed by atoms with E-state index in [-0.39, 0.29) is 22.1 Å². The molecule has 0 aliphatic rings. The highest BCUT2D eigenvalue weighted by atomic mass is 35.5. The van der Waals surface area contributed by atoms with E-state index >= 15 is 0 Å². The van der Waals surface area contributed by atoms with Gasteiger partial charge < -0.3 is 14.8 Å². The van der Waals surface area contributed by atoms with Crippen LogP contribution in [-0.4, -0.2) is 35.1 Å². The maximum absolute atomic E-state index is 13.6. The Balaban J connectivity index is 2.06. The van der Waals surface area contributed by atoms with Crippen LogP contribution in [-0.2, 0) is 21.0 Å². The molecule has 0 heterocycles. The van der Waals surface area contributed by atoms with Crippen LogP contribution in [0.1, 0.15) is 11.1 Å². The summed E-state index contributed by atoms with van der Waals surface area (Å²) >= 11 is 6.08. The summed E-state index contributed by atoms with van der Waals surface area (Å²) in [5.74, 6) is -0.464. The van der Waals surface area contributed by atoms with Crippen molar-refractivity contribution >= 4 is 38.9 Å². The van der Waals surface area contributed by atoms with Gasteiger partial charge in [0.15, 0.2) is 11.5 Å².